The number of piperidine rings is 1. The number of hydrogen-bond donors (Lipinski definition) is 0. The summed E-state index contributed by atoms with van der Waals surface area (Å²) < 4.78 is 2.26. The van der Waals surface area contributed by atoms with E-state index in [1.807, 2.05) is 35.4 Å². The highest BCUT2D eigenvalue weighted by atomic mass is 16.2. The fourth-order valence-corrected chi connectivity index (χ4v) is 3.74. The summed E-state index contributed by atoms with van der Waals surface area (Å²) >= 11 is 0. The molecular formula is C22H30N4O. The van der Waals surface area contributed by atoms with E-state index in [0.29, 0.717) is 5.92 Å². The summed E-state index contributed by atoms with van der Waals surface area (Å²) in [6.45, 7) is 7.36. The normalized spacial score (nSPS) is 17.3. The zero-order valence-corrected chi connectivity index (χ0v) is 16.5. The van der Waals surface area contributed by atoms with E-state index in [0.717, 1.165) is 62.4 Å². The van der Waals surface area contributed by atoms with Crippen LogP contribution in [0.5, 0.6) is 0 Å². The zero-order chi connectivity index (χ0) is 19.2. The van der Waals surface area contributed by atoms with Gasteiger partial charge in [-0.2, -0.15) is 0 Å². The van der Waals surface area contributed by atoms with Gasteiger partial charge in [-0.25, -0.2) is 4.98 Å². The van der Waals surface area contributed by atoms with Crippen LogP contribution in [-0.4, -0.2) is 59.0 Å². The Balaban J connectivity index is 1.66. The molecular weight excluding hydrogens is 336 g/mol. The Kier molecular flexibility index (Phi) is 6.45. The predicted octanol–water partition coefficient (Wildman–Crippen LogP) is 3.50. The molecule has 0 spiro atoms. The summed E-state index contributed by atoms with van der Waals surface area (Å²) in [5.74, 6) is 1.54. The van der Waals surface area contributed by atoms with Crippen molar-refractivity contribution in [3.63, 3.8) is 0 Å². The van der Waals surface area contributed by atoms with Crippen LogP contribution >= 0.6 is 0 Å². The second-order valence-electron chi connectivity index (χ2n) is 7.55. The average Bonchev–Trinajstić information content (AvgIpc) is 3.16. The summed E-state index contributed by atoms with van der Waals surface area (Å²) in [4.78, 5) is 21.7. The van der Waals surface area contributed by atoms with Gasteiger partial charge in [0, 0.05) is 43.5 Å². The molecule has 0 unspecified atom stereocenters. The number of aryl methyl sites for hydroxylation is 1. The molecule has 0 saturated carbocycles. The van der Waals surface area contributed by atoms with Crippen molar-refractivity contribution in [2.45, 2.75) is 31.7 Å². The van der Waals surface area contributed by atoms with Crippen molar-refractivity contribution in [2.24, 2.45) is 0 Å². The Morgan fingerprint density at radius 3 is 2.81 bits per heavy atom. The summed E-state index contributed by atoms with van der Waals surface area (Å²) in [7, 11) is 4.20. The van der Waals surface area contributed by atoms with E-state index in [2.05, 4.69) is 41.3 Å². The molecule has 0 aliphatic carbocycles. The van der Waals surface area contributed by atoms with Crippen molar-refractivity contribution in [2.75, 3.05) is 33.7 Å². The highest BCUT2D eigenvalue weighted by molar-refractivity contribution is 5.94. The van der Waals surface area contributed by atoms with Crippen LogP contribution in [0, 0.1) is 0 Å². The van der Waals surface area contributed by atoms with Crippen LogP contribution in [0.1, 0.15) is 46.9 Å². The third kappa shape index (κ3) is 4.86. The molecule has 1 atom stereocenters. The topological polar surface area (TPSA) is 41.4 Å². The van der Waals surface area contributed by atoms with Crippen molar-refractivity contribution >= 4 is 12.0 Å². The lowest BCUT2D eigenvalue weighted by atomic mass is 9.96. The molecule has 2 aromatic rings. The molecule has 1 fully saturated rings. The SMILES string of the molecule is C=Cc1ccc(C(=O)N2CCC[C@H](c3nccn3CCCN(C)C)C2)cc1. The van der Waals surface area contributed by atoms with Crippen molar-refractivity contribution in [3.05, 3.63) is 60.2 Å². The number of benzene rings is 1. The Labute approximate surface area is 162 Å². The van der Waals surface area contributed by atoms with Gasteiger partial charge in [-0.15, -0.1) is 0 Å². The van der Waals surface area contributed by atoms with Crippen molar-refractivity contribution in [1.29, 1.82) is 0 Å². The molecule has 1 amide bonds. The molecule has 0 radical (unpaired) electrons. The van der Waals surface area contributed by atoms with Crippen LogP contribution < -0.4 is 0 Å². The molecule has 5 heteroatoms. The van der Waals surface area contributed by atoms with E-state index in [-0.39, 0.29) is 5.91 Å². The second-order valence-corrected chi connectivity index (χ2v) is 7.55. The van der Waals surface area contributed by atoms with Gasteiger partial charge in [0.25, 0.3) is 5.91 Å². The van der Waals surface area contributed by atoms with E-state index in [9.17, 15) is 4.79 Å². The highest BCUT2D eigenvalue weighted by Gasteiger charge is 2.27. The quantitative estimate of drug-likeness (QED) is 0.753. The molecule has 144 valence electrons. The number of imidazole rings is 1. The van der Waals surface area contributed by atoms with Crippen LogP contribution in [0.25, 0.3) is 6.08 Å². The van der Waals surface area contributed by atoms with Gasteiger partial charge in [0.15, 0.2) is 0 Å². The maximum absolute atomic E-state index is 12.9. The Hall–Kier alpha value is -2.40. The summed E-state index contributed by atoms with van der Waals surface area (Å²) in [6.07, 6.45) is 8.96. The maximum atomic E-state index is 12.9. The third-order valence-electron chi connectivity index (χ3n) is 5.22. The molecule has 1 saturated heterocycles. The second kappa shape index (κ2) is 9.00. The predicted molar refractivity (Wildman–Crippen MR) is 110 cm³/mol. The molecule has 1 aliphatic heterocycles. The van der Waals surface area contributed by atoms with Gasteiger partial charge in [0.1, 0.15) is 5.82 Å². The summed E-state index contributed by atoms with van der Waals surface area (Å²) in [6, 6.07) is 7.68. The molecule has 1 aromatic carbocycles. The molecule has 2 heterocycles. The molecule has 5 nitrogen and oxygen atoms in total. The Morgan fingerprint density at radius 2 is 2.11 bits per heavy atom. The standard InChI is InChI=1S/C22H30N4O/c1-4-18-8-10-19(11-9-18)22(27)26-14-5-7-20(17-26)21-23-12-16-25(21)15-6-13-24(2)3/h4,8-12,16,20H,1,5-7,13-15,17H2,2-3H3/t20-/m0/s1. The Morgan fingerprint density at radius 1 is 1.33 bits per heavy atom. The molecule has 3 rings (SSSR count). The van der Waals surface area contributed by atoms with E-state index in [4.69, 9.17) is 0 Å². The molecule has 1 aliphatic rings. The van der Waals surface area contributed by atoms with Crippen LogP contribution in [-0.2, 0) is 6.54 Å². The first kappa shape index (κ1) is 19.4. The van der Waals surface area contributed by atoms with E-state index >= 15 is 0 Å². The number of rotatable bonds is 7. The Bertz CT molecular complexity index is 763. The van der Waals surface area contributed by atoms with Crippen LogP contribution in [0.15, 0.2) is 43.2 Å². The van der Waals surface area contributed by atoms with Crippen molar-refractivity contribution < 1.29 is 4.79 Å². The first-order valence-electron chi connectivity index (χ1n) is 9.76. The maximum Gasteiger partial charge on any atom is 0.253 e. The molecule has 1 aromatic heterocycles. The monoisotopic (exact) mass is 366 g/mol. The van der Waals surface area contributed by atoms with Gasteiger partial charge in [0.2, 0.25) is 0 Å². The van der Waals surface area contributed by atoms with Crippen LogP contribution in [0.3, 0.4) is 0 Å². The number of nitrogens with zero attached hydrogens (tertiary/aromatic N) is 4. The van der Waals surface area contributed by atoms with Gasteiger partial charge in [-0.3, -0.25) is 4.79 Å². The van der Waals surface area contributed by atoms with Gasteiger partial charge < -0.3 is 14.4 Å². The highest BCUT2D eigenvalue weighted by Crippen LogP contribution is 2.27. The fourth-order valence-electron chi connectivity index (χ4n) is 3.74. The van der Waals surface area contributed by atoms with E-state index in [1.54, 1.807) is 6.08 Å². The number of carbonyl (C=O) groups is 1. The number of hydrogen-bond acceptors (Lipinski definition) is 3. The van der Waals surface area contributed by atoms with Crippen LogP contribution in [0.2, 0.25) is 0 Å². The molecule has 27 heavy (non-hydrogen) atoms. The lowest BCUT2D eigenvalue weighted by Gasteiger charge is -2.33. The number of likely N-dealkylation sites (tertiary alicyclic amines) is 1. The van der Waals surface area contributed by atoms with E-state index < -0.39 is 0 Å². The third-order valence-corrected chi connectivity index (χ3v) is 5.22. The van der Waals surface area contributed by atoms with Crippen molar-refractivity contribution in [3.8, 4) is 0 Å². The summed E-state index contributed by atoms with van der Waals surface area (Å²) in [5, 5.41) is 0. The molecule has 0 bridgehead atoms. The van der Waals surface area contributed by atoms with Crippen LogP contribution in [0.4, 0.5) is 0 Å². The average molecular weight is 367 g/mol. The first-order chi connectivity index (χ1) is 13.1. The first-order valence-corrected chi connectivity index (χ1v) is 9.76. The van der Waals surface area contributed by atoms with Gasteiger partial charge in [-0.05, 0) is 57.6 Å². The number of aromatic nitrogens is 2. The number of amides is 1. The lowest BCUT2D eigenvalue weighted by Crippen LogP contribution is -2.39. The molecule has 0 N–H and O–H groups in total. The minimum atomic E-state index is 0.112. The van der Waals surface area contributed by atoms with E-state index in [1.165, 1.54) is 0 Å². The van der Waals surface area contributed by atoms with Gasteiger partial charge in [-0.1, -0.05) is 24.8 Å². The largest absolute Gasteiger partial charge is 0.338 e. The minimum Gasteiger partial charge on any atom is -0.338 e. The summed E-state index contributed by atoms with van der Waals surface area (Å²) in [5.41, 5.74) is 1.78. The zero-order valence-electron chi connectivity index (χ0n) is 16.5. The smallest absolute Gasteiger partial charge is 0.253 e. The van der Waals surface area contributed by atoms with Gasteiger partial charge >= 0.3 is 0 Å². The van der Waals surface area contributed by atoms with Gasteiger partial charge in [0.05, 0.1) is 0 Å². The lowest BCUT2D eigenvalue weighted by molar-refractivity contribution is 0.0703. The fraction of sp³-hybridized carbons (Fsp3) is 0.455. The minimum absolute atomic E-state index is 0.112. The van der Waals surface area contributed by atoms with Crippen molar-refractivity contribution in [1.82, 2.24) is 19.4 Å². The number of carbonyl (C=O) groups excluding carboxylic acids is 1.